The summed E-state index contributed by atoms with van der Waals surface area (Å²) in [6.45, 7) is -0.848. The van der Waals surface area contributed by atoms with Crippen molar-refractivity contribution in [1.82, 2.24) is 10.2 Å². The minimum atomic E-state index is -4.51. The fourth-order valence-electron chi connectivity index (χ4n) is 4.60. The Hall–Kier alpha value is -2.83. The van der Waals surface area contributed by atoms with Gasteiger partial charge in [0.05, 0.1) is 23.1 Å². The first-order chi connectivity index (χ1) is 19.4. The van der Waals surface area contributed by atoms with Crippen LogP contribution in [0.1, 0.15) is 28.9 Å². The SMILES string of the molecule is NC(=O)C1(NCC(F)(F)F)CCN(C(=O)c2cc(-c3ccc(OCCCO)cc3)c(-c3ccc(Cl)cc3Cl)s2)CC1. The van der Waals surface area contributed by atoms with E-state index in [0.717, 1.165) is 16.0 Å². The van der Waals surface area contributed by atoms with Gasteiger partial charge in [0, 0.05) is 47.1 Å². The van der Waals surface area contributed by atoms with E-state index in [0.29, 0.717) is 39.3 Å². The molecule has 2 heterocycles. The predicted octanol–water partition coefficient (Wildman–Crippen LogP) is 5.76. The van der Waals surface area contributed by atoms with E-state index in [1.165, 1.54) is 16.2 Å². The molecule has 0 atom stereocenters. The predicted molar refractivity (Wildman–Crippen MR) is 154 cm³/mol. The second-order valence-electron chi connectivity index (χ2n) is 9.63. The number of piperidine rings is 1. The van der Waals surface area contributed by atoms with Crippen molar-refractivity contribution in [2.45, 2.75) is 31.0 Å². The molecule has 220 valence electrons. The van der Waals surface area contributed by atoms with Gasteiger partial charge in [0.25, 0.3) is 5.91 Å². The maximum atomic E-state index is 13.6. The third-order valence-corrected chi connectivity index (χ3v) is 8.56. The van der Waals surface area contributed by atoms with E-state index < -0.39 is 24.2 Å². The molecule has 1 aliphatic rings. The minimum Gasteiger partial charge on any atom is -0.494 e. The molecule has 0 radical (unpaired) electrons. The molecule has 4 rings (SSSR count). The first-order valence-corrected chi connectivity index (χ1v) is 14.3. The number of halogens is 5. The number of nitrogens with two attached hydrogens (primary N) is 1. The normalized spacial score (nSPS) is 15.1. The number of primary amides is 1. The molecule has 0 aliphatic carbocycles. The van der Waals surface area contributed by atoms with E-state index in [1.807, 2.05) is 12.1 Å². The van der Waals surface area contributed by atoms with Crippen molar-refractivity contribution in [2.75, 3.05) is 32.8 Å². The molecule has 0 unspecified atom stereocenters. The quantitative estimate of drug-likeness (QED) is 0.247. The number of likely N-dealkylation sites (tertiary alicyclic amines) is 1. The molecule has 41 heavy (non-hydrogen) atoms. The summed E-state index contributed by atoms with van der Waals surface area (Å²) < 4.78 is 44.1. The zero-order chi connectivity index (χ0) is 29.8. The molecule has 0 bridgehead atoms. The van der Waals surface area contributed by atoms with Crippen LogP contribution in [0.4, 0.5) is 13.2 Å². The number of carbonyl (C=O) groups is 2. The Bertz CT molecular complexity index is 1390. The Morgan fingerprint density at radius 3 is 2.34 bits per heavy atom. The van der Waals surface area contributed by atoms with Gasteiger partial charge in [0.1, 0.15) is 11.3 Å². The molecule has 0 saturated carbocycles. The molecule has 13 heteroatoms. The standard InChI is InChI=1S/C28H28Cl2F3N3O4S/c29-18-4-7-20(22(30)14-18)24-21(17-2-5-19(6-3-17)40-13-1-12-37)15-23(41-24)25(38)36-10-8-27(9-11-36,26(34)39)35-16-28(31,32)33/h2-7,14-15,35,37H,1,8-13,16H2,(H2,34,39). The maximum Gasteiger partial charge on any atom is 0.401 e. The van der Waals surface area contributed by atoms with Crippen LogP contribution in [0.25, 0.3) is 21.6 Å². The van der Waals surface area contributed by atoms with E-state index >= 15 is 0 Å². The van der Waals surface area contributed by atoms with Gasteiger partial charge >= 0.3 is 6.18 Å². The molecule has 1 aliphatic heterocycles. The number of hydrogen-bond donors (Lipinski definition) is 3. The number of aliphatic hydroxyl groups is 1. The maximum absolute atomic E-state index is 13.6. The van der Waals surface area contributed by atoms with E-state index in [4.69, 9.17) is 38.8 Å². The number of ether oxygens (including phenoxy) is 1. The number of aliphatic hydroxyl groups excluding tert-OH is 1. The summed E-state index contributed by atoms with van der Waals surface area (Å²) in [5.41, 5.74) is 6.16. The summed E-state index contributed by atoms with van der Waals surface area (Å²) >= 11 is 13.9. The lowest BCUT2D eigenvalue weighted by atomic mass is 9.86. The number of nitrogens with zero attached hydrogens (tertiary/aromatic N) is 1. The van der Waals surface area contributed by atoms with Crippen LogP contribution in [0.15, 0.2) is 48.5 Å². The van der Waals surface area contributed by atoms with E-state index in [9.17, 15) is 22.8 Å². The first-order valence-electron chi connectivity index (χ1n) is 12.8. The summed E-state index contributed by atoms with van der Waals surface area (Å²) in [4.78, 5) is 28.3. The molecule has 2 aromatic carbocycles. The van der Waals surface area contributed by atoms with Crippen LogP contribution in [0, 0.1) is 0 Å². The Labute approximate surface area is 249 Å². The molecule has 1 aromatic heterocycles. The van der Waals surface area contributed by atoms with E-state index in [2.05, 4.69) is 5.32 Å². The third kappa shape index (κ3) is 7.52. The van der Waals surface area contributed by atoms with E-state index in [1.54, 1.807) is 36.4 Å². The van der Waals surface area contributed by atoms with Crippen LogP contribution >= 0.6 is 34.5 Å². The van der Waals surface area contributed by atoms with Crippen molar-refractivity contribution in [1.29, 1.82) is 0 Å². The monoisotopic (exact) mass is 629 g/mol. The molecule has 7 nitrogen and oxygen atoms in total. The summed E-state index contributed by atoms with van der Waals surface area (Å²) in [5.74, 6) is -0.564. The highest BCUT2D eigenvalue weighted by Crippen LogP contribution is 2.43. The van der Waals surface area contributed by atoms with Gasteiger partial charge in [-0.05, 0) is 48.7 Å². The summed E-state index contributed by atoms with van der Waals surface area (Å²) in [6.07, 6.45) is -4.09. The number of carbonyl (C=O) groups excluding carboxylic acids is 2. The molecule has 1 saturated heterocycles. The van der Waals surface area contributed by atoms with Crippen LogP contribution in [-0.2, 0) is 4.79 Å². The number of rotatable bonds is 10. The number of amides is 2. The molecule has 4 N–H and O–H groups in total. The number of thiophene rings is 1. The van der Waals surface area contributed by atoms with Crippen LogP contribution in [-0.4, -0.2) is 66.4 Å². The Kier molecular flexibility index (Phi) is 9.86. The zero-order valence-corrected chi connectivity index (χ0v) is 24.1. The van der Waals surface area contributed by atoms with Crippen molar-refractivity contribution in [3.63, 3.8) is 0 Å². The summed E-state index contributed by atoms with van der Waals surface area (Å²) in [7, 11) is 0. The second-order valence-corrected chi connectivity index (χ2v) is 11.5. The Balaban J connectivity index is 1.61. The van der Waals surface area contributed by atoms with E-state index in [-0.39, 0.29) is 38.4 Å². The molecular formula is C28H28Cl2F3N3O4S. The molecule has 2 amide bonds. The third-order valence-electron chi connectivity index (χ3n) is 6.86. The average Bonchev–Trinajstić information content (AvgIpc) is 3.37. The van der Waals surface area contributed by atoms with Gasteiger partial charge in [-0.15, -0.1) is 11.3 Å². The highest BCUT2D eigenvalue weighted by molar-refractivity contribution is 7.18. The fourth-order valence-corrected chi connectivity index (χ4v) is 6.34. The Morgan fingerprint density at radius 2 is 1.76 bits per heavy atom. The molecule has 0 spiro atoms. The van der Waals surface area contributed by atoms with Crippen molar-refractivity contribution in [2.24, 2.45) is 5.73 Å². The first kappa shape index (κ1) is 31.1. The number of alkyl halides is 3. The van der Waals surface area contributed by atoms with Crippen molar-refractivity contribution < 1.29 is 32.6 Å². The number of nitrogens with one attached hydrogen (secondary N) is 1. The van der Waals surface area contributed by atoms with Gasteiger partial charge in [-0.25, -0.2) is 0 Å². The highest BCUT2D eigenvalue weighted by Gasteiger charge is 2.43. The van der Waals surface area contributed by atoms with Crippen molar-refractivity contribution in [3.8, 4) is 27.3 Å². The highest BCUT2D eigenvalue weighted by atomic mass is 35.5. The molecule has 1 fully saturated rings. The summed E-state index contributed by atoms with van der Waals surface area (Å²) in [6, 6.07) is 14.1. The van der Waals surface area contributed by atoms with Gasteiger partial charge in [-0.2, -0.15) is 13.2 Å². The molecular weight excluding hydrogens is 602 g/mol. The lowest BCUT2D eigenvalue weighted by Crippen LogP contribution is -2.62. The fraction of sp³-hybridized carbons (Fsp3) is 0.357. The smallest absolute Gasteiger partial charge is 0.401 e. The topological polar surface area (TPSA) is 105 Å². The largest absolute Gasteiger partial charge is 0.494 e. The van der Waals surface area contributed by atoms with Crippen LogP contribution in [0.2, 0.25) is 10.0 Å². The lowest BCUT2D eigenvalue weighted by molar-refractivity contribution is -0.138. The van der Waals surface area contributed by atoms with Crippen LogP contribution in [0.5, 0.6) is 5.75 Å². The van der Waals surface area contributed by atoms with Crippen molar-refractivity contribution >= 4 is 46.4 Å². The zero-order valence-electron chi connectivity index (χ0n) is 21.8. The van der Waals surface area contributed by atoms with Gasteiger partial charge in [-0.3, -0.25) is 14.9 Å². The number of benzene rings is 2. The lowest BCUT2D eigenvalue weighted by Gasteiger charge is -2.40. The Morgan fingerprint density at radius 1 is 1.07 bits per heavy atom. The van der Waals surface area contributed by atoms with Crippen LogP contribution in [0.3, 0.4) is 0 Å². The van der Waals surface area contributed by atoms with Gasteiger partial charge < -0.3 is 20.5 Å². The van der Waals surface area contributed by atoms with Gasteiger partial charge in [0.15, 0.2) is 0 Å². The average molecular weight is 631 g/mol. The van der Waals surface area contributed by atoms with Gasteiger partial charge in [0.2, 0.25) is 5.91 Å². The second kappa shape index (κ2) is 13.0. The summed E-state index contributed by atoms with van der Waals surface area (Å²) in [5, 5.41) is 12.1. The van der Waals surface area contributed by atoms with Gasteiger partial charge in [-0.1, -0.05) is 41.4 Å². The van der Waals surface area contributed by atoms with Crippen LogP contribution < -0.4 is 15.8 Å². The minimum absolute atomic E-state index is 0.0274. The molecule has 3 aromatic rings. The van der Waals surface area contributed by atoms with Crippen molar-refractivity contribution in [3.05, 3.63) is 63.5 Å². The number of hydrogen-bond acceptors (Lipinski definition) is 6.